The number of carboxylic acids is 1. The van der Waals surface area contributed by atoms with Crippen molar-refractivity contribution in [1.82, 2.24) is 0 Å². The van der Waals surface area contributed by atoms with Gasteiger partial charge in [-0.15, -0.1) is 11.3 Å². The Hall–Kier alpha value is -0.740. The van der Waals surface area contributed by atoms with Crippen LogP contribution in [0, 0.1) is 5.92 Å². The maximum absolute atomic E-state index is 10.7. The highest BCUT2D eigenvalue weighted by Crippen LogP contribution is 2.26. The van der Waals surface area contributed by atoms with Gasteiger partial charge in [-0.3, -0.25) is 4.79 Å². The smallest absolute Gasteiger partial charge is 0.308 e. The van der Waals surface area contributed by atoms with Crippen LogP contribution < -0.4 is 5.32 Å². The van der Waals surface area contributed by atoms with Gasteiger partial charge in [0.25, 0.3) is 0 Å². The van der Waals surface area contributed by atoms with Gasteiger partial charge in [0, 0.05) is 6.54 Å². The average molecular weight is 234 g/mol. The second-order valence-corrected chi connectivity index (χ2v) is 4.64. The van der Waals surface area contributed by atoms with E-state index in [1.54, 1.807) is 6.07 Å². The molecule has 0 aliphatic heterocycles. The van der Waals surface area contributed by atoms with Gasteiger partial charge in [-0.1, -0.05) is 18.5 Å². The number of hydrogen-bond acceptors (Lipinski definition) is 3. The van der Waals surface area contributed by atoms with E-state index in [4.69, 9.17) is 16.7 Å². The van der Waals surface area contributed by atoms with E-state index < -0.39 is 5.97 Å². The van der Waals surface area contributed by atoms with Crippen molar-refractivity contribution in [3.63, 3.8) is 0 Å². The first-order chi connectivity index (χ1) is 6.63. The molecule has 0 fully saturated rings. The largest absolute Gasteiger partial charge is 0.481 e. The molecule has 78 valence electrons. The van der Waals surface area contributed by atoms with Gasteiger partial charge in [0.05, 0.1) is 15.3 Å². The summed E-state index contributed by atoms with van der Waals surface area (Å²) in [5, 5.41) is 12.8. The Kier molecular flexibility index (Phi) is 4.22. The third kappa shape index (κ3) is 3.20. The van der Waals surface area contributed by atoms with Crippen molar-refractivity contribution >= 4 is 33.9 Å². The normalized spacial score (nSPS) is 12.4. The SMILES string of the molecule is CCC(CNc1ccc(Cl)s1)C(=O)O. The second kappa shape index (κ2) is 5.22. The van der Waals surface area contributed by atoms with Crippen LogP contribution in [0.3, 0.4) is 0 Å². The number of anilines is 1. The molecule has 0 saturated carbocycles. The van der Waals surface area contributed by atoms with Crippen molar-refractivity contribution in [3.05, 3.63) is 16.5 Å². The Morgan fingerprint density at radius 2 is 2.43 bits per heavy atom. The van der Waals surface area contributed by atoms with E-state index >= 15 is 0 Å². The first kappa shape index (κ1) is 11.3. The van der Waals surface area contributed by atoms with Gasteiger partial charge in [-0.25, -0.2) is 0 Å². The van der Waals surface area contributed by atoms with Gasteiger partial charge in [0.15, 0.2) is 0 Å². The van der Waals surface area contributed by atoms with Crippen molar-refractivity contribution in [1.29, 1.82) is 0 Å². The van der Waals surface area contributed by atoms with Crippen molar-refractivity contribution in [2.45, 2.75) is 13.3 Å². The van der Waals surface area contributed by atoms with Crippen molar-refractivity contribution in [3.8, 4) is 0 Å². The number of aliphatic carboxylic acids is 1. The van der Waals surface area contributed by atoms with Crippen LogP contribution in [0.4, 0.5) is 5.00 Å². The van der Waals surface area contributed by atoms with Crippen molar-refractivity contribution in [2.24, 2.45) is 5.92 Å². The van der Waals surface area contributed by atoms with Crippen LogP contribution in [0.5, 0.6) is 0 Å². The molecule has 0 aromatic carbocycles. The molecule has 1 aromatic heterocycles. The fourth-order valence-electron chi connectivity index (χ4n) is 1.04. The number of halogens is 1. The van der Waals surface area contributed by atoms with E-state index in [1.807, 2.05) is 13.0 Å². The molecule has 0 bridgehead atoms. The van der Waals surface area contributed by atoms with Crippen LogP contribution >= 0.6 is 22.9 Å². The topological polar surface area (TPSA) is 49.3 Å². The summed E-state index contributed by atoms with van der Waals surface area (Å²) in [6, 6.07) is 3.64. The molecule has 3 nitrogen and oxygen atoms in total. The zero-order chi connectivity index (χ0) is 10.6. The van der Waals surface area contributed by atoms with E-state index in [1.165, 1.54) is 11.3 Å². The number of carbonyl (C=O) groups is 1. The Labute approximate surface area is 91.7 Å². The average Bonchev–Trinajstić information content (AvgIpc) is 2.52. The second-order valence-electron chi connectivity index (χ2n) is 2.93. The molecule has 0 aliphatic carbocycles. The summed E-state index contributed by atoms with van der Waals surface area (Å²) in [4.78, 5) is 10.7. The molecule has 1 heterocycles. The summed E-state index contributed by atoms with van der Waals surface area (Å²) in [6.45, 7) is 2.31. The molecule has 0 amide bonds. The summed E-state index contributed by atoms with van der Waals surface area (Å²) in [5.41, 5.74) is 0. The number of nitrogens with one attached hydrogen (secondary N) is 1. The van der Waals surface area contributed by atoms with Crippen LogP contribution in [0.15, 0.2) is 12.1 Å². The van der Waals surface area contributed by atoms with Gasteiger partial charge in [0.2, 0.25) is 0 Å². The third-order valence-electron chi connectivity index (χ3n) is 1.94. The first-order valence-electron chi connectivity index (χ1n) is 4.35. The van der Waals surface area contributed by atoms with Crippen LogP contribution in [-0.2, 0) is 4.79 Å². The zero-order valence-corrected chi connectivity index (χ0v) is 9.36. The molecule has 14 heavy (non-hydrogen) atoms. The molecule has 5 heteroatoms. The first-order valence-corrected chi connectivity index (χ1v) is 5.55. The molecule has 1 rings (SSSR count). The van der Waals surface area contributed by atoms with Crippen LogP contribution in [0.1, 0.15) is 13.3 Å². The molecule has 2 N–H and O–H groups in total. The molecule has 0 aliphatic rings. The lowest BCUT2D eigenvalue weighted by Gasteiger charge is -2.10. The maximum atomic E-state index is 10.7. The van der Waals surface area contributed by atoms with E-state index in [0.717, 1.165) is 5.00 Å². The van der Waals surface area contributed by atoms with Crippen molar-refractivity contribution in [2.75, 3.05) is 11.9 Å². The molecule has 0 spiro atoms. The highest BCUT2D eigenvalue weighted by Gasteiger charge is 2.14. The minimum atomic E-state index is -0.761. The van der Waals surface area contributed by atoms with Gasteiger partial charge in [-0.05, 0) is 18.6 Å². The quantitative estimate of drug-likeness (QED) is 0.822. The molecule has 1 aromatic rings. The van der Waals surface area contributed by atoms with Gasteiger partial charge in [0.1, 0.15) is 0 Å². The van der Waals surface area contributed by atoms with Crippen LogP contribution in [-0.4, -0.2) is 17.6 Å². The summed E-state index contributed by atoms with van der Waals surface area (Å²) in [5.74, 6) is -1.10. The highest BCUT2D eigenvalue weighted by molar-refractivity contribution is 7.19. The van der Waals surface area contributed by atoms with Crippen LogP contribution in [0.25, 0.3) is 0 Å². The summed E-state index contributed by atoms with van der Waals surface area (Å²) in [7, 11) is 0. The number of thiophene rings is 1. The van der Waals surface area contributed by atoms with E-state index in [9.17, 15) is 4.79 Å². The Morgan fingerprint density at radius 3 is 2.86 bits per heavy atom. The Morgan fingerprint density at radius 1 is 1.71 bits per heavy atom. The molecule has 1 atom stereocenters. The van der Waals surface area contributed by atoms with E-state index in [-0.39, 0.29) is 5.92 Å². The number of hydrogen-bond donors (Lipinski definition) is 2. The molecule has 0 radical (unpaired) electrons. The third-order valence-corrected chi connectivity index (χ3v) is 3.13. The zero-order valence-electron chi connectivity index (χ0n) is 7.79. The molecular weight excluding hydrogens is 222 g/mol. The Balaban J connectivity index is 2.43. The van der Waals surface area contributed by atoms with Gasteiger partial charge in [-0.2, -0.15) is 0 Å². The highest BCUT2D eigenvalue weighted by atomic mass is 35.5. The van der Waals surface area contributed by atoms with Crippen molar-refractivity contribution < 1.29 is 9.90 Å². The fraction of sp³-hybridized carbons (Fsp3) is 0.444. The molecule has 1 unspecified atom stereocenters. The van der Waals surface area contributed by atoms with E-state index in [2.05, 4.69) is 5.32 Å². The predicted octanol–water partition coefficient (Wildman–Crippen LogP) is 2.92. The van der Waals surface area contributed by atoms with E-state index in [0.29, 0.717) is 17.3 Å². The lowest BCUT2D eigenvalue weighted by Crippen LogP contribution is -2.21. The van der Waals surface area contributed by atoms with Crippen LogP contribution in [0.2, 0.25) is 4.34 Å². The minimum absolute atomic E-state index is 0.337. The molecular formula is C9H12ClNO2S. The summed E-state index contributed by atoms with van der Waals surface area (Å²) in [6.07, 6.45) is 0.626. The number of carboxylic acid groups (broad SMARTS) is 1. The summed E-state index contributed by atoms with van der Waals surface area (Å²) < 4.78 is 0.705. The molecule has 0 saturated heterocycles. The minimum Gasteiger partial charge on any atom is -0.481 e. The Bertz CT molecular complexity index is 314. The predicted molar refractivity (Wildman–Crippen MR) is 59.2 cm³/mol. The lowest BCUT2D eigenvalue weighted by atomic mass is 10.1. The standard InChI is InChI=1S/C9H12ClNO2S/c1-2-6(9(12)13)5-11-8-4-3-7(10)14-8/h3-4,6,11H,2,5H2,1H3,(H,12,13). The van der Waals surface area contributed by atoms with Gasteiger partial charge >= 0.3 is 5.97 Å². The number of rotatable bonds is 5. The summed E-state index contributed by atoms with van der Waals surface area (Å²) >= 11 is 7.15. The maximum Gasteiger partial charge on any atom is 0.308 e. The lowest BCUT2D eigenvalue weighted by molar-refractivity contribution is -0.141. The monoisotopic (exact) mass is 233 g/mol. The fourth-order valence-corrected chi connectivity index (χ4v) is 1.99. The van der Waals surface area contributed by atoms with Gasteiger partial charge < -0.3 is 10.4 Å².